The van der Waals surface area contributed by atoms with Crippen LogP contribution < -0.4 is 0 Å². The number of Topliss-reactive ketones (excluding diaryl/α,β-unsaturated/α-hetero) is 1. The van der Waals surface area contributed by atoms with Crippen molar-refractivity contribution in [3.8, 4) is 0 Å². The van der Waals surface area contributed by atoms with Crippen LogP contribution in [0, 0.1) is 0 Å². The molecule has 0 saturated carbocycles. The third-order valence-electron chi connectivity index (χ3n) is 2.92. The summed E-state index contributed by atoms with van der Waals surface area (Å²) >= 11 is 5.55. The number of aryl methyl sites for hydroxylation is 1. The second-order valence-corrected chi connectivity index (χ2v) is 4.75. The molecule has 0 spiro atoms. The second-order valence-electron chi connectivity index (χ2n) is 4.37. The average molecular weight is 253 g/mol. The number of halogens is 1. The number of carbonyl (C=O) groups excluding carboxylic acids is 1. The lowest BCUT2D eigenvalue weighted by Crippen LogP contribution is -1.99. The normalized spacial score (nSPS) is 10.5. The Balaban J connectivity index is 2.42. The van der Waals surface area contributed by atoms with E-state index in [1.54, 1.807) is 0 Å². The smallest absolute Gasteiger partial charge is 0.164 e. The fourth-order valence-electron chi connectivity index (χ4n) is 1.84. The molecule has 94 valence electrons. The van der Waals surface area contributed by atoms with Crippen molar-refractivity contribution >= 4 is 17.4 Å². The highest BCUT2D eigenvalue weighted by Crippen LogP contribution is 2.11. The van der Waals surface area contributed by atoms with Gasteiger partial charge in [0.05, 0.1) is 0 Å². The summed E-state index contributed by atoms with van der Waals surface area (Å²) in [6, 6.07) is 7.97. The molecule has 0 N–H and O–H groups in total. The molecule has 0 bridgehead atoms. The Morgan fingerprint density at radius 2 is 1.82 bits per heavy atom. The Bertz CT molecular complexity index is 329. The van der Waals surface area contributed by atoms with Gasteiger partial charge < -0.3 is 0 Å². The van der Waals surface area contributed by atoms with Gasteiger partial charge in [0.25, 0.3) is 0 Å². The first-order valence-corrected chi connectivity index (χ1v) is 6.99. The highest BCUT2D eigenvalue weighted by atomic mass is 35.5. The minimum absolute atomic E-state index is 0.137. The maximum atomic E-state index is 11.6. The lowest BCUT2D eigenvalue weighted by Gasteiger charge is -2.03. The highest BCUT2D eigenvalue weighted by molar-refractivity contribution is 6.19. The molecular formula is C15H21ClO. The van der Waals surface area contributed by atoms with Gasteiger partial charge >= 0.3 is 0 Å². The van der Waals surface area contributed by atoms with Crippen LogP contribution in [-0.2, 0) is 6.42 Å². The van der Waals surface area contributed by atoms with Gasteiger partial charge in [0.1, 0.15) is 0 Å². The SMILES string of the molecule is CCCCCCc1ccc(C(=O)CCCl)cc1. The summed E-state index contributed by atoms with van der Waals surface area (Å²) in [6.45, 7) is 2.22. The summed E-state index contributed by atoms with van der Waals surface area (Å²) in [4.78, 5) is 11.6. The Morgan fingerprint density at radius 3 is 2.41 bits per heavy atom. The van der Waals surface area contributed by atoms with E-state index in [1.807, 2.05) is 12.1 Å². The third-order valence-corrected chi connectivity index (χ3v) is 3.11. The molecule has 1 aromatic rings. The van der Waals surface area contributed by atoms with Crippen molar-refractivity contribution in [3.63, 3.8) is 0 Å². The first-order valence-electron chi connectivity index (χ1n) is 6.46. The number of unbranched alkanes of at least 4 members (excludes halogenated alkanes) is 3. The van der Waals surface area contributed by atoms with Crippen molar-refractivity contribution in [1.82, 2.24) is 0 Å². The van der Waals surface area contributed by atoms with Crippen molar-refractivity contribution in [2.75, 3.05) is 5.88 Å². The third kappa shape index (κ3) is 5.36. The van der Waals surface area contributed by atoms with E-state index in [9.17, 15) is 4.79 Å². The summed E-state index contributed by atoms with van der Waals surface area (Å²) in [5.41, 5.74) is 2.10. The molecule has 0 fully saturated rings. The van der Waals surface area contributed by atoms with Crippen molar-refractivity contribution in [2.24, 2.45) is 0 Å². The topological polar surface area (TPSA) is 17.1 Å². The van der Waals surface area contributed by atoms with Gasteiger partial charge in [-0.15, -0.1) is 11.6 Å². The van der Waals surface area contributed by atoms with Gasteiger partial charge in [0, 0.05) is 17.9 Å². The van der Waals surface area contributed by atoms with Crippen LogP contribution >= 0.6 is 11.6 Å². The minimum atomic E-state index is 0.137. The Hall–Kier alpha value is -0.820. The van der Waals surface area contributed by atoms with E-state index in [0.717, 1.165) is 12.0 Å². The van der Waals surface area contributed by atoms with Gasteiger partial charge in [-0.05, 0) is 18.4 Å². The van der Waals surface area contributed by atoms with E-state index < -0.39 is 0 Å². The summed E-state index contributed by atoms with van der Waals surface area (Å²) in [6.07, 6.45) is 6.66. The zero-order chi connectivity index (χ0) is 12.5. The molecule has 0 amide bonds. The minimum Gasteiger partial charge on any atom is -0.294 e. The van der Waals surface area contributed by atoms with E-state index in [2.05, 4.69) is 19.1 Å². The number of carbonyl (C=O) groups is 1. The molecule has 0 aromatic heterocycles. The van der Waals surface area contributed by atoms with E-state index in [0.29, 0.717) is 12.3 Å². The molecule has 0 saturated heterocycles. The predicted octanol–water partition coefficient (Wildman–Crippen LogP) is 4.62. The zero-order valence-electron chi connectivity index (χ0n) is 10.5. The van der Waals surface area contributed by atoms with Gasteiger partial charge in [-0.3, -0.25) is 4.79 Å². The van der Waals surface area contributed by atoms with Crippen molar-refractivity contribution < 1.29 is 4.79 Å². The molecule has 0 radical (unpaired) electrons. The molecule has 0 heterocycles. The van der Waals surface area contributed by atoms with Crippen molar-refractivity contribution in [3.05, 3.63) is 35.4 Å². The summed E-state index contributed by atoms with van der Waals surface area (Å²) < 4.78 is 0. The number of ketones is 1. The van der Waals surface area contributed by atoms with E-state index in [4.69, 9.17) is 11.6 Å². The van der Waals surface area contributed by atoms with Crippen LogP contribution in [0.4, 0.5) is 0 Å². The van der Waals surface area contributed by atoms with Crippen LogP contribution in [0.3, 0.4) is 0 Å². The molecule has 0 aliphatic carbocycles. The quantitative estimate of drug-likeness (QED) is 0.375. The largest absolute Gasteiger partial charge is 0.294 e. The number of rotatable bonds is 8. The molecule has 0 aliphatic heterocycles. The predicted molar refractivity (Wildman–Crippen MR) is 74.0 cm³/mol. The fraction of sp³-hybridized carbons (Fsp3) is 0.533. The maximum absolute atomic E-state index is 11.6. The molecule has 1 aromatic carbocycles. The van der Waals surface area contributed by atoms with Crippen LogP contribution in [0.25, 0.3) is 0 Å². The molecule has 1 nitrogen and oxygen atoms in total. The van der Waals surface area contributed by atoms with Gasteiger partial charge in [-0.25, -0.2) is 0 Å². The number of benzene rings is 1. The molecule has 2 heteroatoms. The van der Waals surface area contributed by atoms with Crippen LogP contribution in [0.1, 0.15) is 54.9 Å². The zero-order valence-corrected chi connectivity index (χ0v) is 11.3. The molecule has 17 heavy (non-hydrogen) atoms. The maximum Gasteiger partial charge on any atom is 0.164 e. The van der Waals surface area contributed by atoms with E-state index in [-0.39, 0.29) is 5.78 Å². The summed E-state index contributed by atoms with van der Waals surface area (Å²) in [5, 5.41) is 0. The standard InChI is InChI=1S/C15H21ClO/c1-2-3-4-5-6-13-7-9-14(10-8-13)15(17)11-12-16/h7-10H,2-6,11-12H2,1H3. The molecule has 0 unspecified atom stereocenters. The van der Waals surface area contributed by atoms with Crippen molar-refractivity contribution in [2.45, 2.75) is 45.4 Å². The first kappa shape index (κ1) is 14.2. The Kier molecular flexibility index (Phi) is 6.95. The van der Waals surface area contributed by atoms with Gasteiger partial charge in [-0.1, -0.05) is 50.5 Å². The monoisotopic (exact) mass is 252 g/mol. The van der Waals surface area contributed by atoms with Gasteiger partial charge in [-0.2, -0.15) is 0 Å². The summed E-state index contributed by atoms with van der Waals surface area (Å²) in [5.74, 6) is 0.537. The molecule has 0 atom stereocenters. The first-order chi connectivity index (χ1) is 8.27. The van der Waals surface area contributed by atoms with Crippen LogP contribution in [0.15, 0.2) is 24.3 Å². The second kappa shape index (κ2) is 8.30. The average Bonchev–Trinajstić information content (AvgIpc) is 2.36. The Morgan fingerprint density at radius 1 is 1.12 bits per heavy atom. The van der Waals surface area contributed by atoms with Gasteiger partial charge in [0.15, 0.2) is 5.78 Å². The van der Waals surface area contributed by atoms with E-state index in [1.165, 1.54) is 31.2 Å². The lowest BCUT2D eigenvalue weighted by atomic mass is 10.0. The molecule has 1 rings (SSSR count). The molecule has 0 aliphatic rings. The van der Waals surface area contributed by atoms with Gasteiger partial charge in [0.2, 0.25) is 0 Å². The van der Waals surface area contributed by atoms with Crippen molar-refractivity contribution in [1.29, 1.82) is 0 Å². The van der Waals surface area contributed by atoms with E-state index >= 15 is 0 Å². The number of hydrogen-bond donors (Lipinski definition) is 0. The summed E-state index contributed by atoms with van der Waals surface area (Å²) in [7, 11) is 0. The highest BCUT2D eigenvalue weighted by Gasteiger charge is 2.04. The fourth-order valence-corrected chi connectivity index (χ4v) is 2.02. The van der Waals surface area contributed by atoms with Crippen LogP contribution in [-0.4, -0.2) is 11.7 Å². The van der Waals surface area contributed by atoms with Crippen LogP contribution in [0.2, 0.25) is 0 Å². The van der Waals surface area contributed by atoms with Crippen LogP contribution in [0.5, 0.6) is 0 Å². The lowest BCUT2D eigenvalue weighted by molar-refractivity contribution is 0.0989. The number of hydrogen-bond acceptors (Lipinski definition) is 1. The number of alkyl halides is 1. The Labute approximate surface area is 109 Å². The molecular weight excluding hydrogens is 232 g/mol.